The molecule has 0 fully saturated rings. The topological polar surface area (TPSA) is 141 Å². The largest absolute Gasteiger partial charge is 0.438 e. The minimum Gasteiger partial charge on any atom is -0.438 e. The second-order valence-corrected chi connectivity index (χ2v) is 7.14. The molecule has 5 N–H and O–H groups in total. The Morgan fingerprint density at radius 1 is 1.07 bits per heavy atom. The van der Waals surface area contributed by atoms with Crippen molar-refractivity contribution in [2.75, 3.05) is 0 Å². The molecule has 10 heteroatoms. The minimum absolute atomic E-state index is 0.0429. The van der Waals surface area contributed by atoms with Crippen LogP contribution in [-0.2, 0) is 16.6 Å². The van der Waals surface area contributed by atoms with Gasteiger partial charge in [0.15, 0.2) is 5.76 Å². The second kappa shape index (κ2) is 7.17. The molecule has 0 atom stereocenters. The zero-order valence-corrected chi connectivity index (χ0v) is 14.7. The maximum Gasteiger partial charge on any atom is 0.312 e. The average Bonchev–Trinajstić information content (AvgIpc) is 3.04. The van der Waals surface area contributed by atoms with Gasteiger partial charge in [0.25, 0.3) is 0 Å². The molecule has 0 aliphatic heterocycles. The molecule has 1 aromatic heterocycles. The molecule has 0 radical (unpaired) electrons. The van der Waals surface area contributed by atoms with E-state index in [4.69, 9.17) is 15.3 Å². The van der Waals surface area contributed by atoms with Gasteiger partial charge in [0.1, 0.15) is 11.5 Å². The van der Waals surface area contributed by atoms with Gasteiger partial charge in [0.05, 0.1) is 11.4 Å². The summed E-state index contributed by atoms with van der Waals surface area (Å²) in [5.41, 5.74) is 6.56. The minimum atomic E-state index is -3.83. The van der Waals surface area contributed by atoms with Crippen molar-refractivity contribution in [3.63, 3.8) is 0 Å². The highest BCUT2D eigenvalue weighted by Crippen LogP contribution is 2.33. The number of primary amides is 1. The standard InChI is InChI=1S/C17H15FN4O4S/c18-12-5-1-10(2-6-12)15-16(26-14(22-15)9-21-17(19)23)11-3-7-13(8-4-11)27(20,24)25/h1-8H,9H2,(H3,19,21,23)(H2,20,24,25). The Kier molecular flexibility index (Phi) is 4.93. The number of benzene rings is 2. The van der Waals surface area contributed by atoms with Crippen LogP contribution >= 0.6 is 0 Å². The van der Waals surface area contributed by atoms with E-state index in [0.29, 0.717) is 22.6 Å². The van der Waals surface area contributed by atoms with Gasteiger partial charge in [-0.05, 0) is 48.5 Å². The predicted molar refractivity (Wildman–Crippen MR) is 95.1 cm³/mol. The zero-order valence-electron chi connectivity index (χ0n) is 13.8. The molecule has 3 rings (SSSR count). The summed E-state index contributed by atoms with van der Waals surface area (Å²) in [6.45, 7) is -0.0429. The number of hydrogen-bond donors (Lipinski definition) is 3. The number of aromatic nitrogens is 1. The van der Waals surface area contributed by atoms with Crippen LogP contribution in [-0.4, -0.2) is 19.4 Å². The number of hydrogen-bond acceptors (Lipinski definition) is 5. The summed E-state index contributed by atoms with van der Waals surface area (Å²) in [6.07, 6.45) is 0. The van der Waals surface area contributed by atoms with E-state index in [-0.39, 0.29) is 17.3 Å². The summed E-state index contributed by atoms with van der Waals surface area (Å²) >= 11 is 0. The van der Waals surface area contributed by atoms with Gasteiger partial charge < -0.3 is 15.5 Å². The van der Waals surface area contributed by atoms with Crippen molar-refractivity contribution in [1.29, 1.82) is 0 Å². The van der Waals surface area contributed by atoms with Crippen LogP contribution < -0.4 is 16.2 Å². The van der Waals surface area contributed by atoms with Crippen molar-refractivity contribution in [2.45, 2.75) is 11.4 Å². The molecule has 0 unspecified atom stereocenters. The van der Waals surface area contributed by atoms with E-state index < -0.39 is 21.9 Å². The molecule has 0 aliphatic rings. The summed E-state index contributed by atoms with van der Waals surface area (Å²) < 4.78 is 41.7. The van der Waals surface area contributed by atoms with E-state index in [1.54, 1.807) is 0 Å². The molecule has 0 spiro atoms. The number of sulfonamides is 1. The molecule has 3 aromatic rings. The number of nitrogens with one attached hydrogen (secondary N) is 1. The first-order valence-electron chi connectivity index (χ1n) is 7.66. The lowest BCUT2D eigenvalue weighted by atomic mass is 10.1. The van der Waals surface area contributed by atoms with Crippen LogP contribution in [0.5, 0.6) is 0 Å². The van der Waals surface area contributed by atoms with Gasteiger partial charge in [-0.2, -0.15) is 0 Å². The maximum absolute atomic E-state index is 13.2. The number of primary sulfonamides is 1. The van der Waals surface area contributed by atoms with Crippen molar-refractivity contribution in [2.24, 2.45) is 10.9 Å². The second-order valence-electron chi connectivity index (χ2n) is 5.58. The fourth-order valence-electron chi connectivity index (χ4n) is 2.40. The van der Waals surface area contributed by atoms with E-state index in [1.165, 1.54) is 48.5 Å². The highest BCUT2D eigenvalue weighted by atomic mass is 32.2. The molecular formula is C17H15FN4O4S. The predicted octanol–water partition coefficient (Wildman–Crippen LogP) is 1.96. The fourth-order valence-corrected chi connectivity index (χ4v) is 2.91. The van der Waals surface area contributed by atoms with Gasteiger partial charge in [-0.15, -0.1) is 0 Å². The van der Waals surface area contributed by atoms with Crippen LogP contribution in [0, 0.1) is 5.82 Å². The Hall–Kier alpha value is -3.24. The molecule has 0 bridgehead atoms. The van der Waals surface area contributed by atoms with Crippen molar-refractivity contribution in [1.82, 2.24) is 10.3 Å². The van der Waals surface area contributed by atoms with Gasteiger partial charge in [0.2, 0.25) is 15.9 Å². The maximum atomic E-state index is 13.2. The Morgan fingerprint density at radius 2 is 1.67 bits per heavy atom. The molecule has 0 aliphatic carbocycles. The third-order valence-electron chi connectivity index (χ3n) is 3.65. The molecule has 2 amide bonds. The number of urea groups is 1. The van der Waals surface area contributed by atoms with Gasteiger partial charge in [-0.3, -0.25) is 0 Å². The SMILES string of the molecule is NC(=O)NCc1nc(-c2ccc(F)cc2)c(-c2ccc(S(N)(=O)=O)cc2)o1. The van der Waals surface area contributed by atoms with E-state index in [9.17, 15) is 17.6 Å². The normalized spacial score (nSPS) is 11.3. The number of oxazole rings is 1. The van der Waals surface area contributed by atoms with Crippen molar-refractivity contribution in [3.8, 4) is 22.6 Å². The summed E-state index contributed by atoms with van der Waals surface area (Å²) in [5.74, 6) is 0.0967. The van der Waals surface area contributed by atoms with Gasteiger partial charge >= 0.3 is 6.03 Å². The summed E-state index contributed by atoms with van der Waals surface area (Å²) in [6, 6.07) is 10.6. The summed E-state index contributed by atoms with van der Waals surface area (Å²) in [5, 5.41) is 7.47. The van der Waals surface area contributed by atoms with Gasteiger partial charge in [0, 0.05) is 11.1 Å². The van der Waals surface area contributed by atoms with E-state index in [0.717, 1.165) is 0 Å². The summed E-state index contributed by atoms with van der Waals surface area (Å²) in [4.78, 5) is 15.2. The lowest BCUT2D eigenvalue weighted by molar-refractivity contribution is 0.247. The van der Waals surface area contributed by atoms with Gasteiger partial charge in [-0.1, -0.05) is 0 Å². The van der Waals surface area contributed by atoms with Crippen LogP contribution in [0.4, 0.5) is 9.18 Å². The molecule has 140 valence electrons. The van der Waals surface area contributed by atoms with E-state index in [1.807, 2.05) is 0 Å². The Balaban J connectivity index is 2.06. The number of halogens is 1. The molecule has 2 aromatic carbocycles. The van der Waals surface area contributed by atoms with Crippen molar-refractivity contribution < 1.29 is 22.0 Å². The van der Waals surface area contributed by atoms with E-state index >= 15 is 0 Å². The first-order chi connectivity index (χ1) is 12.7. The van der Waals surface area contributed by atoms with Crippen LogP contribution in [0.15, 0.2) is 57.8 Å². The third-order valence-corrected chi connectivity index (χ3v) is 4.58. The quantitative estimate of drug-likeness (QED) is 0.610. The van der Waals surface area contributed by atoms with Crippen LogP contribution in [0.2, 0.25) is 0 Å². The molecule has 27 heavy (non-hydrogen) atoms. The Bertz CT molecular complexity index is 1080. The van der Waals surface area contributed by atoms with E-state index in [2.05, 4.69) is 10.3 Å². The molecule has 1 heterocycles. The van der Waals surface area contributed by atoms with Crippen LogP contribution in [0.25, 0.3) is 22.6 Å². The molecule has 8 nitrogen and oxygen atoms in total. The van der Waals surface area contributed by atoms with Crippen molar-refractivity contribution >= 4 is 16.1 Å². The molecular weight excluding hydrogens is 375 g/mol. The number of nitrogens with zero attached hydrogens (tertiary/aromatic N) is 1. The van der Waals surface area contributed by atoms with Gasteiger partial charge in [-0.25, -0.2) is 27.7 Å². The highest BCUT2D eigenvalue weighted by molar-refractivity contribution is 7.89. The van der Waals surface area contributed by atoms with Crippen LogP contribution in [0.3, 0.4) is 0 Å². The smallest absolute Gasteiger partial charge is 0.312 e. The lowest BCUT2D eigenvalue weighted by Gasteiger charge is -2.03. The van der Waals surface area contributed by atoms with Crippen molar-refractivity contribution in [3.05, 3.63) is 60.2 Å². The lowest BCUT2D eigenvalue weighted by Crippen LogP contribution is -2.28. The number of rotatable bonds is 5. The monoisotopic (exact) mass is 390 g/mol. The third kappa shape index (κ3) is 4.30. The first kappa shape index (κ1) is 18.5. The number of amides is 2. The summed E-state index contributed by atoms with van der Waals surface area (Å²) in [7, 11) is -3.83. The molecule has 0 saturated heterocycles. The Labute approximate surface area is 154 Å². The fraction of sp³-hybridized carbons (Fsp3) is 0.0588. The van der Waals surface area contributed by atoms with Crippen LogP contribution in [0.1, 0.15) is 5.89 Å². The number of nitrogens with two attached hydrogens (primary N) is 2. The Morgan fingerprint density at radius 3 is 2.22 bits per heavy atom. The number of carbonyl (C=O) groups is 1. The first-order valence-corrected chi connectivity index (χ1v) is 9.21. The average molecular weight is 390 g/mol. The zero-order chi connectivity index (χ0) is 19.6. The number of carbonyl (C=O) groups excluding carboxylic acids is 1. The highest BCUT2D eigenvalue weighted by Gasteiger charge is 2.18. The molecule has 0 saturated carbocycles.